The minimum absolute atomic E-state index is 0.116. The van der Waals surface area contributed by atoms with Crippen molar-refractivity contribution in [2.45, 2.75) is 12.5 Å². The fraction of sp³-hybridized carbons (Fsp3) is 0.300. The minimum Gasteiger partial charge on any atom is -0.508 e. The molecule has 0 aliphatic carbocycles. The number of hydrogen-bond acceptors (Lipinski definition) is 4. The van der Waals surface area contributed by atoms with E-state index in [4.69, 9.17) is 9.47 Å². The average molecular weight is 328 g/mol. The van der Waals surface area contributed by atoms with Crippen LogP contribution in [0.3, 0.4) is 0 Å². The highest BCUT2D eigenvalue weighted by atomic mass is 16.5. The molecule has 0 bridgehead atoms. The molecule has 0 aliphatic heterocycles. The maximum absolute atomic E-state index is 9.45. The molecule has 128 valence electrons. The molecule has 2 aromatic rings. The van der Waals surface area contributed by atoms with E-state index in [2.05, 4.69) is 6.08 Å². The monoisotopic (exact) mass is 328 g/mol. The second kappa shape index (κ2) is 9.11. The van der Waals surface area contributed by atoms with Crippen LogP contribution < -0.4 is 0 Å². The molecule has 0 heterocycles. The third-order valence-electron chi connectivity index (χ3n) is 3.93. The third-order valence-corrected chi connectivity index (χ3v) is 3.93. The molecular formula is C20H24O4. The van der Waals surface area contributed by atoms with Gasteiger partial charge in [0.1, 0.15) is 11.5 Å². The fourth-order valence-corrected chi connectivity index (χ4v) is 2.72. The summed E-state index contributed by atoms with van der Waals surface area (Å²) in [6.07, 6.45) is 4.78. The van der Waals surface area contributed by atoms with Crippen molar-refractivity contribution in [2.75, 3.05) is 20.8 Å². The summed E-state index contributed by atoms with van der Waals surface area (Å²) in [7, 11) is 3.37. The maximum atomic E-state index is 9.45. The summed E-state index contributed by atoms with van der Waals surface area (Å²) in [5.41, 5.74) is 2.04. The zero-order valence-corrected chi connectivity index (χ0v) is 14.1. The highest BCUT2D eigenvalue weighted by molar-refractivity contribution is 5.50. The lowest BCUT2D eigenvalue weighted by molar-refractivity contribution is 0.0142. The van der Waals surface area contributed by atoms with Crippen molar-refractivity contribution >= 4 is 6.08 Å². The normalized spacial score (nSPS) is 13.9. The van der Waals surface area contributed by atoms with E-state index in [-0.39, 0.29) is 23.5 Å². The van der Waals surface area contributed by atoms with Gasteiger partial charge in [-0.15, -0.1) is 0 Å². The Kier molecular flexibility index (Phi) is 6.85. The van der Waals surface area contributed by atoms with Crippen LogP contribution in [0.4, 0.5) is 0 Å². The molecule has 4 heteroatoms. The zero-order chi connectivity index (χ0) is 17.4. The van der Waals surface area contributed by atoms with Gasteiger partial charge in [0.2, 0.25) is 0 Å². The van der Waals surface area contributed by atoms with Crippen LogP contribution >= 0.6 is 0 Å². The van der Waals surface area contributed by atoms with E-state index in [0.29, 0.717) is 6.61 Å². The summed E-state index contributed by atoms with van der Waals surface area (Å²) in [4.78, 5) is 0. The topological polar surface area (TPSA) is 58.9 Å². The number of ether oxygens (including phenoxy) is 2. The molecule has 0 unspecified atom stereocenters. The van der Waals surface area contributed by atoms with Gasteiger partial charge in [0.05, 0.1) is 12.7 Å². The number of aromatic hydroxyl groups is 2. The van der Waals surface area contributed by atoms with Crippen LogP contribution in [-0.4, -0.2) is 31.0 Å². The Bertz CT molecular complexity index is 632. The van der Waals surface area contributed by atoms with Crippen molar-refractivity contribution in [3.63, 3.8) is 0 Å². The van der Waals surface area contributed by atoms with Crippen LogP contribution in [0, 0.1) is 5.92 Å². The van der Waals surface area contributed by atoms with Crippen LogP contribution in [0.2, 0.25) is 0 Å². The summed E-state index contributed by atoms with van der Waals surface area (Å²) in [5.74, 6) is 0.651. The molecule has 2 N–H and O–H groups in total. The van der Waals surface area contributed by atoms with Crippen molar-refractivity contribution < 1.29 is 19.7 Å². The van der Waals surface area contributed by atoms with Gasteiger partial charge in [-0.25, -0.2) is 0 Å². The lowest BCUT2D eigenvalue weighted by atomic mass is 9.92. The largest absolute Gasteiger partial charge is 0.508 e. The molecule has 0 spiro atoms. The summed E-state index contributed by atoms with van der Waals surface area (Å²) in [5, 5.41) is 18.8. The van der Waals surface area contributed by atoms with Gasteiger partial charge in [0.15, 0.2) is 0 Å². The smallest absolute Gasteiger partial charge is 0.115 e. The number of phenolic OH excluding ortho intramolecular Hbond substituents is 2. The van der Waals surface area contributed by atoms with E-state index in [1.807, 2.05) is 30.3 Å². The molecule has 0 saturated carbocycles. The van der Waals surface area contributed by atoms with Crippen molar-refractivity contribution in [3.8, 4) is 11.5 Å². The minimum atomic E-state index is -0.116. The Morgan fingerprint density at radius 1 is 0.917 bits per heavy atom. The number of phenols is 2. The van der Waals surface area contributed by atoms with Crippen LogP contribution in [0.15, 0.2) is 54.6 Å². The first-order chi connectivity index (χ1) is 11.6. The Hall–Kier alpha value is -2.30. The zero-order valence-electron chi connectivity index (χ0n) is 14.1. The van der Waals surface area contributed by atoms with Gasteiger partial charge in [0.25, 0.3) is 0 Å². The second-order valence-corrected chi connectivity index (χ2v) is 5.69. The van der Waals surface area contributed by atoms with E-state index in [0.717, 1.165) is 17.5 Å². The molecular weight excluding hydrogens is 304 g/mol. The molecule has 0 amide bonds. The molecule has 2 rings (SSSR count). The van der Waals surface area contributed by atoms with Gasteiger partial charge < -0.3 is 19.7 Å². The molecule has 2 atom stereocenters. The van der Waals surface area contributed by atoms with Crippen LogP contribution in [0.5, 0.6) is 11.5 Å². The van der Waals surface area contributed by atoms with Crippen molar-refractivity contribution in [1.82, 2.24) is 0 Å². The number of hydrogen-bond donors (Lipinski definition) is 2. The van der Waals surface area contributed by atoms with E-state index in [1.165, 1.54) is 0 Å². The van der Waals surface area contributed by atoms with Crippen LogP contribution in [0.25, 0.3) is 6.08 Å². The van der Waals surface area contributed by atoms with E-state index in [1.54, 1.807) is 38.5 Å². The fourth-order valence-electron chi connectivity index (χ4n) is 2.72. The Balaban J connectivity index is 2.08. The quantitative estimate of drug-likeness (QED) is 0.764. The highest BCUT2D eigenvalue weighted by Crippen LogP contribution is 2.30. The van der Waals surface area contributed by atoms with Gasteiger partial charge in [-0.05, 0) is 41.8 Å². The van der Waals surface area contributed by atoms with E-state index >= 15 is 0 Å². The highest BCUT2D eigenvalue weighted by Gasteiger charge is 2.22. The first-order valence-corrected chi connectivity index (χ1v) is 7.90. The number of rotatable bonds is 8. The SMILES string of the molecule is COC[C@@H](CC=Cc1ccc(O)cc1)[C@@H](OC)c1ccc(O)cc1. The maximum Gasteiger partial charge on any atom is 0.115 e. The second-order valence-electron chi connectivity index (χ2n) is 5.69. The standard InChI is InChI=1S/C20H24O4/c1-23-14-17(5-3-4-15-6-10-18(21)11-7-15)20(24-2)16-8-12-19(22)13-9-16/h3-4,6-13,17,20-22H,5,14H2,1-2H3/t17-,20+/m1/s1. The molecule has 24 heavy (non-hydrogen) atoms. The summed E-state index contributed by atoms with van der Waals surface area (Å²) >= 11 is 0. The molecule has 0 saturated heterocycles. The third kappa shape index (κ3) is 5.11. The molecule has 0 aliphatic rings. The van der Waals surface area contributed by atoms with Gasteiger partial charge in [-0.3, -0.25) is 0 Å². The predicted molar refractivity (Wildman–Crippen MR) is 95.0 cm³/mol. The lowest BCUT2D eigenvalue weighted by Crippen LogP contribution is -2.19. The molecule has 0 aromatic heterocycles. The average Bonchev–Trinajstić information content (AvgIpc) is 2.59. The first kappa shape index (κ1) is 18.0. The molecule has 2 aromatic carbocycles. The van der Waals surface area contributed by atoms with Gasteiger partial charge >= 0.3 is 0 Å². The number of methoxy groups -OCH3 is 2. The van der Waals surface area contributed by atoms with Crippen LogP contribution in [0.1, 0.15) is 23.7 Å². The molecule has 0 radical (unpaired) electrons. The molecule has 0 fully saturated rings. The summed E-state index contributed by atoms with van der Waals surface area (Å²) < 4.78 is 11.0. The van der Waals surface area contributed by atoms with Crippen molar-refractivity contribution in [1.29, 1.82) is 0 Å². The first-order valence-electron chi connectivity index (χ1n) is 7.90. The Morgan fingerprint density at radius 3 is 2.04 bits per heavy atom. The lowest BCUT2D eigenvalue weighted by Gasteiger charge is -2.25. The van der Waals surface area contributed by atoms with Crippen molar-refractivity contribution in [2.24, 2.45) is 5.92 Å². The van der Waals surface area contributed by atoms with Crippen LogP contribution in [-0.2, 0) is 9.47 Å². The summed E-state index contributed by atoms with van der Waals surface area (Å²) in [6, 6.07) is 14.1. The van der Waals surface area contributed by atoms with E-state index < -0.39 is 0 Å². The predicted octanol–water partition coefficient (Wildman–Crippen LogP) is 4.15. The number of benzene rings is 2. The van der Waals surface area contributed by atoms with Gasteiger partial charge in [0, 0.05) is 20.1 Å². The summed E-state index contributed by atoms with van der Waals surface area (Å²) in [6.45, 7) is 0.569. The Labute approximate surface area is 143 Å². The van der Waals surface area contributed by atoms with Gasteiger partial charge in [-0.2, -0.15) is 0 Å². The number of allylic oxidation sites excluding steroid dienone is 1. The Morgan fingerprint density at radius 2 is 1.50 bits per heavy atom. The van der Waals surface area contributed by atoms with Gasteiger partial charge in [-0.1, -0.05) is 36.4 Å². The van der Waals surface area contributed by atoms with E-state index in [9.17, 15) is 10.2 Å². The molecule has 4 nitrogen and oxygen atoms in total. The van der Waals surface area contributed by atoms with Crippen molar-refractivity contribution in [3.05, 3.63) is 65.7 Å².